The van der Waals surface area contributed by atoms with Crippen molar-refractivity contribution in [3.05, 3.63) is 23.5 Å². The number of halogens is 1. The van der Waals surface area contributed by atoms with Crippen molar-refractivity contribution in [3.8, 4) is 0 Å². The fraction of sp³-hybridized carbons (Fsp3) is 0.500. The molecule has 20 heavy (non-hydrogen) atoms. The molecule has 1 aromatic carbocycles. The largest absolute Gasteiger partial charge is 0.478 e. The van der Waals surface area contributed by atoms with Gasteiger partial charge in [-0.3, -0.25) is 0 Å². The molecule has 5 nitrogen and oxygen atoms in total. The van der Waals surface area contributed by atoms with Crippen molar-refractivity contribution in [1.29, 1.82) is 0 Å². The van der Waals surface area contributed by atoms with E-state index in [-0.39, 0.29) is 23.4 Å². The Balaban J connectivity index is 1.86. The first-order valence-electron chi connectivity index (χ1n) is 6.77. The number of carboxylic acids is 1. The van der Waals surface area contributed by atoms with E-state index in [0.717, 1.165) is 19.3 Å². The molecular weight excluding hydrogens is 263 g/mol. The van der Waals surface area contributed by atoms with Gasteiger partial charge in [0.15, 0.2) is 0 Å². The third kappa shape index (κ3) is 2.31. The Bertz CT molecular complexity index is 545. The predicted molar refractivity (Wildman–Crippen MR) is 72.3 cm³/mol. The summed E-state index contributed by atoms with van der Waals surface area (Å²) >= 11 is 0. The molecule has 2 unspecified atom stereocenters. The molecule has 6 heteroatoms. The predicted octanol–water partition coefficient (Wildman–Crippen LogP) is 2.09. The van der Waals surface area contributed by atoms with Gasteiger partial charge in [-0.15, -0.1) is 0 Å². The first-order valence-corrected chi connectivity index (χ1v) is 6.77. The molecule has 1 aliphatic heterocycles. The van der Waals surface area contributed by atoms with Crippen LogP contribution in [-0.2, 0) is 4.74 Å². The van der Waals surface area contributed by atoms with Gasteiger partial charge < -0.3 is 20.9 Å². The van der Waals surface area contributed by atoms with Gasteiger partial charge in [-0.1, -0.05) is 0 Å². The summed E-state index contributed by atoms with van der Waals surface area (Å²) in [6.45, 7) is 0.665. The summed E-state index contributed by atoms with van der Waals surface area (Å²) < 4.78 is 19.1. The second kappa shape index (κ2) is 4.94. The second-order valence-electron chi connectivity index (χ2n) is 5.40. The molecule has 1 saturated heterocycles. The van der Waals surface area contributed by atoms with Crippen molar-refractivity contribution >= 4 is 17.3 Å². The molecule has 2 fully saturated rings. The zero-order chi connectivity index (χ0) is 14.3. The second-order valence-corrected chi connectivity index (χ2v) is 5.40. The van der Waals surface area contributed by atoms with Crippen LogP contribution in [0.1, 0.15) is 29.6 Å². The minimum Gasteiger partial charge on any atom is -0.478 e. The van der Waals surface area contributed by atoms with E-state index < -0.39 is 11.8 Å². The minimum atomic E-state index is -1.23. The van der Waals surface area contributed by atoms with Gasteiger partial charge in [0.2, 0.25) is 0 Å². The van der Waals surface area contributed by atoms with Crippen molar-refractivity contribution in [2.24, 2.45) is 5.92 Å². The lowest BCUT2D eigenvalue weighted by atomic mass is 10.0. The van der Waals surface area contributed by atoms with E-state index >= 15 is 0 Å². The quantitative estimate of drug-likeness (QED) is 0.735. The van der Waals surface area contributed by atoms with Crippen molar-refractivity contribution in [1.82, 2.24) is 0 Å². The van der Waals surface area contributed by atoms with Crippen molar-refractivity contribution in [2.45, 2.75) is 31.4 Å². The molecule has 1 heterocycles. The number of carbonyl (C=O) groups is 1. The van der Waals surface area contributed by atoms with E-state index in [9.17, 15) is 14.3 Å². The number of nitrogen functional groups attached to an aromatic ring is 1. The van der Waals surface area contributed by atoms with E-state index in [1.807, 2.05) is 0 Å². The molecule has 0 amide bonds. The molecule has 1 aromatic rings. The zero-order valence-corrected chi connectivity index (χ0v) is 10.9. The van der Waals surface area contributed by atoms with Crippen molar-refractivity contribution in [2.75, 3.05) is 17.7 Å². The lowest BCUT2D eigenvalue weighted by Gasteiger charge is -2.22. The number of aromatic carboxylic acids is 1. The van der Waals surface area contributed by atoms with Gasteiger partial charge in [0.25, 0.3) is 0 Å². The maximum atomic E-state index is 13.4. The van der Waals surface area contributed by atoms with E-state index in [4.69, 9.17) is 10.5 Å². The molecule has 3 rings (SSSR count). The molecule has 0 aromatic heterocycles. The number of benzene rings is 1. The number of rotatable bonds is 4. The monoisotopic (exact) mass is 280 g/mol. The lowest BCUT2D eigenvalue weighted by Crippen LogP contribution is -2.31. The van der Waals surface area contributed by atoms with Crippen LogP contribution in [0.5, 0.6) is 0 Å². The summed E-state index contributed by atoms with van der Waals surface area (Å²) in [5.41, 5.74) is 5.37. The number of carboxylic acid groups (broad SMARTS) is 1. The van der Waals surface area contributed by atoms with Gasteiger partial charge in [0, 0.05) is 6.61 Å². The first-order chi connectivity index (χ1) is 9.58. The van der Waals surface area contributed by atoms with Crippen molar-refractivity contribution in [3.63, 3.8) is 0 Å². The van der Waals surface area contributed by atoms with Crippen LogP contribution in [0.2, 0.25) is 0 Å². The van der Waals surface area contributed by atoms with Crippen LogP contribution in [0.3, 0.4) is 0 Å². The summed E-state index contributed by atoms with van der Waals surface area (Å²) in [6.07, 6.45) is 3.24. The SMILES string of the molecule is Nc1c(F)ccc(NC2CCOC2C2CC2)c1C(=O)O. The normalized spacial score (nSPS) is 25.6. The van der Waals surface area contributed by atoms with Gasteiger partial charge in [0.1, 0.15) is 11.4 Å². The number of anilines is 2. The minimum absolute atomic E-state index is 0.0606. The summed E-state index contributed by atoms with van der Waals surface area (Å²) in [6, 6.07) is 2.68. The molecule has 0 radical (unpaired) electrons. The standard InChI is InChI=1S/C14H17FN2O3/c15-8-3-4-9(11(12(8)16)14(18)19)17-10-5-6-20-13(10)7-1-2-7/h3-4,7,10,13,17H,1-2,5-6,16H2,(H,18,19). The van der Waals surface area contributed by atoms with Gasteiger partial charge in [-0.05, 0) is 37.3 Å². The van der Waals surface area contributed by atoms with Crippen LogP contribution in [0.15, 0.2) is 12.1 Å². The smallest absolute Gasteiger partial charge is 0.340 e. The highest BCUT2D eigenvalue weighted by Gasteiger charge is 2.41. The van der Waals surface area contributed by atoms with E-state index in [1.165, 1.54) is 12.1 Å². The highest BCUT2D eigenvalue weighted by atomic mass is 19.1. The molecular formula is C14H17FN2O3. The van der Waals surface area contributed by atoms with E-state index in [2.05, 4.69) is 5.32 Å². The topological polar surface area (TPSA) is 84.6 Å². The molecule has 0 spiro atoms. The van der Waals surface area contributed by atoms with Gasteiger partial charge in [0.05, 0.1) is 23.5 Å². The van der Waals surface area contributed by atoms with Crippen LogP contribution in [0.4, 0.5) is 15.8 Å². The average molecular weight is 280 g/mol. The molecule has 108 valence electrons. The summed E-state index contributed by atoms with van der Waals surface area (Å²) in [4.78, 5) is 11.3. The molecule has 1 aliphatic carbocycles. The Morgan fingerprint density at radius 2 is 2.15 bits per heavy atom. The van der Waals surface area contributed by atoms with E-state index in [0.29, 0.717) is 18.2 Å². The number of hydrogen-bond donors (Lipinski definition) is 3. The maximum absolute atomic E-state index is 13.4. The molecule has 2 aliphatic rings. The average Bonchev–Trinajstić information content (AvgIpc) is 3.14. The molecule has 0 bridgehead atoms. The van der Waals surface area contributed by atoms with Crippen LogP contribution < -0.4 is 11.1 Å². The number of hydrogen-bond acceptors (Lipinski definition) is 4. The lowest BCUT2D eigenvalue weighted by molar-refractivity contribution is 0.0698. The maximum Gasteiger partial charge on any atom is 0.340 e. The fourth-order valence-electron chi connectivity index (χ4n) is 2.80. The third-order valence-corrected chi connectivity index (χ3v) is 3.97. The first kappa shape index (κ1) is 13.2. The van der Waals surface area contributed by atoms with Gasteiger partial charge in [-0.2, -0.15) is 0 Å². The summed E-state index contributed by atoms with van der Waals surface area (Å²) in [5.74, 6) is -1.39. The van der Waals surface area contributed by atoms with Crippen LogP contribution in [0.25, 0.3) is 0 Å². The summed E-state index contributed by atoms with van der Waals surface area (Å²) in [5, 5.41) is 12.4. The Labute approximate surface area is 115 Å². The fourth-order valence-corrected chi connectivity index (χ4v) is 2.80. The van der Waals surface area contributed by atoms with Gasteiger partial charge in [-0.25, -0.2) is 9.18 Å². The van der Waals surface area contributed by atoms with E-state index in [1.54, 1.807) is 0 Å². The zero-order valence-electron chi connectivity index (χ0n) is 10.9. The Hall–Kier alpha value is -1.82. The number of nitrogens with two attached hydrogens (primary N) is 1. The van der Waals surface area contributed by atoms with Crippen LogP contribution >= 0.6 is 0 Å². The molecule has 2 atom stereocenters. The van der Waals surface area contributed by atoms with Crippen molar-refractivity contribution < 1.29 is 19.0 Å². The highest BCUT2D eigenvalue weighted by molar-refractivity contribution is 6.00. The third-order valence-electron chi connectivity index (χ3n) is 3.97. The Kier molecular flexibility index (Phi) is 3.25. The van der Waals surface area contributed by atoms with Crippen LogP contribution in [0, 0.1) is 11.7 Å². The Morgan fingerprint density at radius 3 is 2.80 bits per heavy atom. The Morgan fingerprint density at radius 1 is 1.40 bits per heavy atom. The number of nitrogens with one attached hydrogen (secondary N) is 1. The molecule has 1 saturated carbocycles. The molecule has 4 N–H and O–H groups in total. The number of ether oxygens (including phenoxy) is 1. The highest BCUT2D eigenvalue weighted by Crippen LogP contribution is 2.40. The van der Waals surface area contributed by atoms with Gasteiger partial charge >= 0.3 is 5.97 Å². The summed E-state index contributed by atoms with van der Waals surface area (Å²) in [7, 11) is 0. The van der Waals surface area contributed by atoms with Crippen LogP contribution in [-0.4, -0.2) is 29.8 Å².